The van der Waals surface area contributed by atoms with Crippen molar-refractivity contribution in [3.05, 3.63) is 64.5 Å². The van der Waals surface area contributed by atoms with Gasteiger partial charge in [0.15, 0.2) is 0 Å². The zero-order chi connectivity index (χ0) is 14.8. The van der Waals surface area contributed by atoms with Crippen molar-refractivity contribution < 1.29 is 0 Å². The maximum atomic E-state index is 5.46. The molecular formula is C19H17NS. The predicted octanol–water partition coefficient (Wildman–Crippen LogP) is 5.36. The summed E-state index contributed by atoms with van der Waals surface area (Å²) >= 11 is 1.86. The molecular weight excluding hydrogens is 274 g/mol. The van der Waals surface area contributed by atoms with Gasteiger partial charge in [0.25, 0.3) is 0 Å². The van der Waals surface area contributed by atoms with Crippen LogP contribution in [0.3, 0.4) is 0 Å². The number of anilines is 1. The summed E-state index contributed by atoms with van der Waals surface area (Å²) in [5, 5.41) is 4.90. The Labute approximate surface area is 129 Å². The lowest BCUT2D eigenvalue weighted by Crippen LogP contribution is -2.06. The van der Waals surface area contributed by atoms with E-state index < -0.39 is 0 Å². The van der Waals surface area contributed by atoms with E-state index in [0.29, 0.717) is 0 Å². The quantitative estimate of drug-likeness (QED) is 0.640. The van der Waals surface area contributed by atoms with Crippen LogP contribution in [0.15, 0.2) is 48.5 Å². The predicted molar refractivity (Wildman–Crippen MR) is 93.0 cm³/mol. The lowest BCUT2D eigenvalue weighted by Gasteiger charge is -2.15. The topological polar surface area (TPSA) is 12.0 Å². The number of terminal acetylenes is 1. The summed E-state index contributed by atoms with van der Waals surface area (Å²) in [6, 6.07) is 16.8. The summed E-state index contributed by atoms with van der Waals surface area (Å²) in [7, 11) is 0. The fraction of sp³-hybridized carbons (Fsp3) is 0.158. The van der Waals surface area contributed by atoms with Crippen molar-refractivity contribution in [1.29, 1.82) is 0 Å². The summed E-state index contributed by atoms with van der Waals surface area (Å²) in [6.45, 7) is 4.39. The maximum Gasteiger partial charge on any atom is 0.0581 e. The molecule has 1 N–H and O–H groups in total. The lowest BCUT2D eigenvalue weighted by atomic mass is 10.1. The number of aryl methyl sites for hydroxylation is 1. The first-order valence-corrected chi connectivity index (χ1v) is 7.82. The molecule has 1 atom stereocenters. The van der Waals surface area contributed by atoms with Crippen molar-refractivity contribution in [2.24, 2.45) is 0 Å². The molecule has 0 saturated carbocycles. The second-order valence-electron chi connectivity index (χ2n) is 5.18. The van der Waals surface area contributed by atoms with Crippen LogP contribution in [0.5, 0.6) is 0 Å². The van der Waals surface area contributed by atoms with Crippen LogP contribution < -0.4 is 5.32 Å². The van der Waals surface area contributed by atoms with Gasteiger partial charge in [-0.05, 0) is 49.1 Å². The Morgan fingerprint density at radius 3 is 2.71 bits per heavy atom. The zero-order valence-electron chi connectivity index (χ0n) is 12.2. The van der Waals surface area contributed by atoms with E-state index in [2.05, 4.69) is 55.4 Å². The van der Waals surface area contributed by atoms with E-state index in [-0.39, 0.29) is 6.04 Å². The van der Waals surface area contributed by atoms with E-state index >= 15 is 0 Å². The second kappa shape index (κ2) is 5.63. The summed E-state index contributed by atoms with van der Waals surface area (Å²) < 4.78 is 1.34. The zero-order valence-corrected chi connectivity index (χ0v) is 13.0. The first-order chi connectivity index (χ1) is 10.2. The third kappa shape index (κ3) is 2.66. The van der Waals surface area contributed by atoms with E-state index in [1.165, 1.54) is 20.5 Å². The molecule has 1 heterocycles. The molecule has 0 aliphatic rings. The van der Waals surface area contributed by atoms with Crippen molar-refractivity contribution in [2.75, 3.05) is 5.32 Å². The van der Waals surface area contributed by atoms with Gasteiger partial charge in [-0.25, -0.2) is 0 Å². The molecule has 1 aromatic heterocycles. The number of thiophene rings is 1. The molecule has 21 heavy (non-hydrogen) atoms. The van der Waals surface area contributed by atoms with Crippen LogP contribution >= 0.6 is 11.3 Å². The van der Waals surface area contributed by atoms with Crippen LogP contribution in [0.4, 0.5) is 5.69 Å². The lowest BCUT2D eigenvalue weighted by molar-refractivity contribution is 0.900. The summed E-state index contributed by atoms with van der Waals surface area (Å²) in [4.78, 5) is 1.38. The van der Waals surface area contributed by atoms with Crippen molar-refractivity contribution in [1.82, 2.24) is 0 Å². The summed E-state index contributed by atoms with van der Waals surface area (Å²) in [5.74, 6) is 2.68. The molecule has 2 aromatic carbocycles. The van der Waals surface area contributed by atoms with Crippen LogP contribution in [0.2, 0.25) is 0 Å². The molecule has 0 radical (unpaired) electrons. The molecule has 1 nitrogen and oxygen atoms in total. The van der Waals surface area contributed by atoms with Crippen LogP contribution in [0, 0.1) is 19.3 Å². The number of nitrogens with one attached hydrogen (secondary N) is 1. The summed E-state index contributed by atoms with van der Waals surface area (Å²) in [5.41, 5.74) is 3.33. The van der Waals surface area contributed by atoms with E-state index in [0.717, 1.165) is 11.3 Å². The van der Waals surface area contributed by atoms with Gasteiger partial charge in [0.05, 0.1) is 6.04 Å². The average molecular weight is 291 g/mol. The highest BCUT2D eigenvalue weighted by Crippen LogP contribution is 2.35. The first-order valence-electron chi connectivity index (χ1n) is 7.00. The van der Waals surface area contributed by atoms with E-state index in [1.807, 2.05) is 29.5 Å². The second-order valence-corrected chi connectivity index (χ2v) is 6.26. The molecule has 0 saturated heterocycles. The van der Waals surface area contributed by atoms with Gasteiger partial charge in [-0.15, -0.1) is 17.8 Å². The van der Waals surface area contributed by atoms with Gasteiger partial charge in [0.2, 0.25) is 0 Å². The largest absolute Gasteiger partial charge is 0.378 e. The van der Waals surface area contributed by atoms with Crippen LogP contribution in [0.25, 0.3) is 10.1 Å². The molecule has 0 aliphatic carbocycles. The van der Waals surface area contributed by atoms with E-state index in [1.54, 1.807) is 0 Å². The smallest absolute Gasteiger partial charge is 0.0581 e. The fourth-order valence-electron chi connectivity index (χ4n) is 2.62. The molecule has 0 fully saturated rings. The third-order valence-corrected chi connectivity index (χ3v) is 5.14. The summed E-state index contributed by atoms with van der Waals surface area (Å²) in [6.07, 6.45) is 5.46. The molecule has 0 spiro atoms. The Bertz CT molecular complexity index is 823. The first kappa shape index (κ1) is 13.7. The number of hydrogen-bond acceptors (Lipinski definition) is 2. The number of rotatable bonds is 3. The van der Waals surface area contributed by atoms with Gasteiger partial charge >= 0.3 is 0 Å². The van der Waals surface area contributed by atoms with Gasteiger partial charge in [0.1, 0.15) is 0 Å². The molecule has 0 bridgehead atoms. The van der Waals surface area contributed by atoms with Crippen molar-refractivity contribution in [2.45, 2.75) is 19.9 Å². The Morgan fingerprint density at radius 2 is 1.95 bits per heavy atom. The number of benzene rings is 2. The molecule has 104 valence electrons. The third-order valence-electron chi connectivity index (χ3n) is 3.69. The van der Waals surface area contributed by atoms with Gasteiger partial charge in [-0.3, -0.25) is 0 Å². The number of fused-ring (bicyclic) bond motifs is 1. The minimum atomic E-state index is 0.260. The van der Waals surface area contributed by atoms with Crippen LogP contribution in [-0.4, -0.2) is 0 Å². The Hall–Kier alpha value is -2.24. The SMILES string of the molecule is C#Cc1cccc(NC(C)c2sc3ccccc3c2C)c1. The molecule has 3 aromatic rings. The van der Waals surface area contributed by atoms with E-state index in [9.17, 15) is 0 Å². The molecule has 0 aliphatic heterocycles. The molecule has 2 heteroatoms. The monoisotopic (exact) mass is 291 g/mol. The Kier molecular flexibility index (Phi) is 3.68. The van der Waals surface area contributed by atoms with Gasteiger partial charge in [0, 0.05) is 20.8 Å². The molecule has 3 rings (SSSR count). The van der Waals surface area contributed by atoms with Crippen LogP contribution in [0.1, 0.15) is 29.0 Å². The highest BCUT2D eigenvalue weighted by molar-refractivity contribution is 7.19. The Balaban J connectivity index is 1.91. The van der Waals surface area contributed by atoms with Gasteiger partial charge in [-0.2, -0.15) is 0 Å². The van der Waals surface area contributed by atoms with Crippen molar-refractivity contribution >= 4 is 27.1 Å². The number of hydrogen-bond donors (Lipinski definition) is 1. The minimum Gasteiger partial charge on any atom is -0.378 e. The minimum absolute atomic E-state index is 0.260. The molecule has 1 unspecified atom stereocenters. The fourth-order valence-corrected chi connectivity index (χ4v) is 3.83. The standard InChI is InChI=1S/C19H17NS/c1-4-15-8-7-9-16(12-15)20-14(3)19-13(2)17-10-5-6-11-18(17)21-19/h1,5-12,14,20H,2-3H3. The Morgan fingerprint density at radius 1 is 1.14 bits per heavy atom. The van der Waals surface area contributed by atoms with Crippen molar-refractivity contribution in [3.63, 3.8) is 0 Å². The molecule has 0 amide bonds. The highest BCUT2D eigenvalue weighted by Gasteiger charge is 2.14. The average Bonchev–Trinajstić information content (AvgIpc) is 2.85. The van der Waals surface area contributed by atoms with Gasteiger partial charge < -0.3 is 5.32 Å². The van der Waals surface area contributed by atoms with Gasteiger partial charge in [-0.1, -0.05) is 30.2 Å². The van der Waals surface area contributed by atoms with Crippen LogP contribution in [-0.2, 0) is 0 Å². The normalized spacial score (nSPS) is 12.0. The van der Waals surface area contributed by atoms with Crippen molar-refractivity contribution in [3.8, 4) is 12.3 Å². The maximum absolute atomic E-state index is 5.46. The van der Waals surface area contributed by atoms with E-state index in [4.69, 9.17) is 6.42 Å². The highest BCUT2D eigenvalue weighted by atomic mass is 32.1.